The number of urea groups is 1. The van der Waals surface area contributed by atoms with Gasteiger partial charge >= 0.3 is 6.03 Å². The first kappa shape index (κ1) is 21.2. The van der Waals surface area contributed by atoms with Crippen molar-refractivity contribution in [1.29, 1.82) is 0 Å². The molecule has 1 atom stereocenters. The molecule has 2 aromatic carbocycles. The van der Waals surface area contributed by atoms with Crippen LogP contribution in [0.4, 0.5) is 16.2 Å². The Morgan fingerprint density at radius 3 is 2.53 bits per heavy atom. The quantitative estimate of drug-likeness (QED) is 0.570. The number of carbonyl (C=O) groups is 3. The molecule has 8 nitrogen and oxygen atoms in total. The largest absolute Gasteiger partial charge is 0.497 e. The van der Waals surface area contributed by atoms with E-state index < -0.39 is 18.0 Å². The number of benzene rings is 2. The van der Waals surface area contributed by atoms with Crippen molar-refractivity contribution in [1.82, 2.24) is 4.90 Å². The number of rotatable bonds is 7. The van der Waals surface area contributed by atoms with Gasteiger partial charge in [0, 0.05) is 5.69 Å². The second-order valence-corrected chi connectivity index (χ2v) is 7.50. The highest BCUT2D eigenvalue weighted by Crippen LogP contribution is 2.29. The van der Waals surface area contributed by atoms with E-state index in [1.165, 1.54) is 11.2 Å². The van der Waals surface area contributed by atoms with E-state index >= 15 is 0 Å². The lowest BCUT2D eigenvalue weighted by atomic mass is 10.1. The van der Waals surface area contributed by atoms with Gasteiger partial charge in [0.05, 0.1) is 32.0 Å². The van der Waals surface area contributed by atoms with Crippen LogP contribution in [0.1, 0.15) is 17.7 Å². The van der Waals surface area contributed by atoms with Crippen LogP contribution in [0, 0.1) is 6.92 Å². The fourth-order valence-corrected chi connectivity index (χ4v) is 3.65. The molecule has 4 rings (SSSR count). The van der Waals surface area contributed by atoms with Crippen molar-refractivity contribution in [2.45, 2.75) is 25.9 Å². The minimum Gasteiger partial charge on any atom is -0.497 e. The third-order valence-electron chi connectivity index (χ3n) is 5.24. The normalized spacial score (nSPS) is 15.9. The summed E-state index contributed by atoms with van der Waals surface area (Å²) < 4.78 is 10.5. The van der Waals surface area contributed by atoms with Crippen molar-refractivity contribution < 1.29 is 23.5 Å². The molecule has 1 fully saturated rings. The third-order valence-corrected chi connectivity index (χ3v) is 5.24. The van der Waals surface area contributed by atoms with Gasteiger partial charge in [-0.05, 0) is 61.0 Å². The molecule has 0 saturated carbocycles. The van der Waals surface area contributed by atoms with E-state index in [2.05, 4.69) is 5.32 Å². The van der Waals surface area contributed by atoms with Crippen molar-refractivity contribution in [3.8, 4) is 5.75 Å². The Bertz CT molecular complexity index is 1120. The number of aryl methyl sites for hydroxylation is 1. The molecule has 1 aliphatic rings. The van der Waals surface area contributed by atoms with E-state index in [1.807, 2.05) is 13.0 Å². The van der Waals surface area contributed by atoms with Gasteiger partial charge in [-0.15, -0.1) is 0 Å². The lowest BCUT2D eigenvalue weighted by molar-refractivity contribution is -0.124. The van der Waals surface area contributed by atoms with E-state index in [9.17, 15) is 14.4 Å². The van der Waals surface area contributed by atoms with Gasteiger partial charge in [-0.2, -0.15) is 0 Å². The Hall–Kier alpha value is -4.07. The van der Waals surface area contributed by atoms with Crippen LogP contribution in [-0.4, -0.2) is 35.9 Å². The number of ether oxygens (including phenoxy) is 1. The molecule has 1 aliphatic heterocycles. The van der Waals surface area contributed by atoms with Crippen LogP contribution < -0.4 is 15.0 Å². The number of nitrogens with zero attached hydrogens (tertiary/aromatic N) is 2. The molecule has 3 aromatic rings. The number of amides is 4. The Labute approximate surface area is 185 Å². The number of carbonyl (C=O) groups excluding carboxylic acids is 3. The minimum atomic E-state index is -0.952. The predicted molar refractivity (Wildman–Crippen MR) is 118 cm³/mol. The molecule has 0 aliphatic carbocycles. The first-order valence-electron chi connectivity index (χ1n) is 10.1. The summed E-state index contributed by atoms with van der Waals surface area (Å²) in [6.07, 6.45) is 1.32. The van der Waals surface area contributed by atoms with Crippen LogP contribution in [0.3, 0.4) is 0 Å². The standard InChI is InChI=1S/C24H23N3O5/c1-16-5-3-6-18(13-16)27-23(29)21(26(24(27)30)15-20-7-4-12-32-20)14-22(28)25-17-8-10-19(31-2)11-9-17/h3-13,21H,14-15H2,1-2H3,(H,25,28). The van der Waals surface area contributed by atoms with E-state index in [0.29, 0.717) is 22.9 Å². The van der Waals surface area contributed by atoms with Gasteiger partial charge in [-0.1, -0.05) is 12.1 Å². The highest BCUT2D eigenvalue weighted by atomic mass is 16.5. The van der Waals surface area contributed by atoms with Crippen molar-refractivity contribution in [2.75, 3.05) is 17.3 Å². The molecule has 4 amide bonds. The van der Waals surface area contributed by atoms with Crippen LogP contribution in [0.2, 0.25) is 0 Å². The Kier molecular flexibility index (Phi) is 5.93. The lowest BCUT2D eigenvalue weighted by Gasteiger charge is -2.20. The molecule has 2 heterocycles. The summed E-state index contributed by atoms with van der Waals surface area (Å²) in [7, 11) is 1.56. The van der Waals surface area contributed by atoms with Gasteiger partial charge in [0.2, 0.25) is 5.91 Å². The Morgan fingerprint density at radius 2 is 1.88 bits per heavy atom. The lowest BCUT2D eigenvalue weighted by Crippen LogP contribution is -2.37. The Balaban J connectivity index is 1.57. The zero-order chi connectivity index (χ0) is 22.7. The number of furan rings is 1. The van der Waals surface area contributed by atoms with E-state index in [-0.39, 0.29) is 18.9 Å². The zero-order valence-corrected chi connectivity index (χ0v) is 17.8. The van der Waals surface area contributed by atoms with E-state index in [4.69, 9.17) is 9.15 Å². The molecule has 0 spiro atoms. The second kappa shape index (κ2) is 8.97. The fourth-order valence-electron chi connectivity index (χ4n) is 3.65. The fraction of sp³-hybridized carbons (Fsp3) is 0.208. The highest BCUT2D eigenvalue weighted by molar-refractivity contribution is 6.22. The van der Waals surface area contributed by atoms with Gasteiger partial charge < -0.3 is 19.4 Å². The van der Waals surface area contributed by atoms with Crippen LogP contribution in [0.15, 0.2) is 71.3 Å². The number of nitrogens with one attached hydrogen (secondary N) is 1. The maximum atomic E-state index is 13.3. The molecular weight excluding hydrogens is 410 g/mol. The predicted octanol–water partition coefficient (Wildman–Crippen LogP) is 3.96. The zero-order valence-electron chi connectivity index (χ0n) is 17.8. The third kappa shape index (κ3) is 4.34. The molecule has 0 radical (unpaired) electrons. The molecule has 32 heavy (non-hydrogen) atoms. The van der Waals surface area contributed by atoms with Gasteiger partial charge in [0.1, 0.15) is 17.6 Å². The first-order chi connectivity index (χ1) is 15.5. The summed E-state index contributed by atoms with van der Waals surface area (Å²) in [6, 6.07) is 16.0. The van der Waals surface area contributed by atoms with Crippen molar-refractivity contribution >= 4 is 29.2 Å². The highest BCUT2D eigenvalue weighted by Gasteiger charge is 2.47. The van der Waals surface area contributed by atoms with Gasteiger partial charge in [0.15, 0.2) is 0 Å². The minimum absolute atomic E-state index is 0.0837. The van der Waals surface area contributed by atoms with Crippen LogP contribution >= 0.6 is 0 Å². The second-order valence-electron chi connectivity index (χ2n) is 7.50. The monoisotopic (exact) mass is 433 g/mol. The molecule has 1 saturated heterocycles. The number of hydrogen-bond donors (Lipinski definition) is 1. The number of hydrogen-bond acceptors (Lipinski definition) is 5. The smallest absolute Gasteiger partial charge is 0.332 e. The summed E-state index contributed by atoms with van der Waals surface area (Å²) in [5, 5.41) is 2.77. The van der Waals surface area contributed by atoms with Gasteiger partial charge in [-0.3, -0.25) is 9.59 Å². The van der Waals surface area contributed by atoms with Crippen molar-refractivity contribution in [3.63, 3.8) is 0 Å². The summed E-state index contributed by atoms with van der Waals surface area (Å²) in [4.78, 5) is 41.7. The molecule has 1 N–H and O–H groups in total. The average molecular weight is 433 g/mol. The van der Waals surface area contributed by atoms with Gasteiger partial charge in [0.25, 0.3) is 5.91 Å². The number of methoxy groups -OCH3 is 1. The molecule has 0 bridgehead atoms. The van der Waals surface area contributed by atoms with Crippen molar-refractivity contribution in [3.05, 3.63) is 78.3 Å². The SMILES string of the molecule is COc1ccc(NC(=O)CC2C(=O)N(c3cccc(C)c3)C(=O)N2Cc2ccco2)cc1. The molecule has 1 unspecified atom stereocenters. The van der Waals surface area contributed by atoms with Crippen LogP contribution in [-0.2, 0) is 16.1 Å². The summed E-state index contributed by atoms with van der Waals surface area (Å²) in [5.41, 5.74) is 1.96. The topological polar surface area (TPSA) is 92.1 Å². The molecule has 1 aromatic heterocycles. The number of imide groups is 1. The Morgan fingerprint density at radius 1 is 1.09 bits per heavy atom. The summed E-state index contributed by atoms with van der Waals surface area (Å²) in [6.45, 7) is 1.97. The molecule has 164 valence electrons. The average Bonchev–Trinajstić information content (AvgIpc) is 3.37. The van der Waals surface area contributed by atoms with Crippen LogP contribution in [0.5, 0.6) is 5.75 Å². The van der Waals surface area contributed by atoms with Crippen molar-refractivity contribution in [2.24, 2.45) is 0 Å². The maximum absolute atomic E-state index is 13.3. The van der Waals surface area contributed by atoms with Crippen LogP contribution in [0.25, 0.3) is 0 Å². The van der Waals surface area contributed by atoms with Gasteiger partial charge in [-0.25, -0.2) is 9.69 Å². The van der Waals surface area contributed by atoms with E-state index in [1.54, 1.807) is 61.7 Å². The summed E-state index contributed by atoms with van der Waals surface area (Å²) in [5.74, 6) is 0.365. The molecule has 8 heteroatoms. The number of anilines is 2. The maximum Gasteiger partial charge on any atom is 0.332 e. The first-order valence-corrected chi connectivity index (χ1v) is 10.1. The molecular formula is C24H23N3O5. The summed E-state index contributed by atoms with van der Waals surface area (Å²) >= 11 is 0. The van der Waals surface area contributed by atoms with E-state index in [0.717, 1.165) is 10.5 Å².